The summed E-state index contributed by atoms with van der Waals surface area (Å²) in [4.78, 5) is 8.09. The summed E-state index contributed by atoms with van der Waals surface area (Å²) in [5.41, 5.74) is 5.85. The third kappa shape index (κ3) is 3.14. The van der Waals surface area contributed by atoms with Crippen molar-refractivity contribution in [1.82, 2.24) is 9.97 Å². The molecule has 20 heavy (non-hydrogen) atoms. The fraction of sp³-hybridized carbons (Fsp3) is 0.429. The van der Waals surface area contributed by atoms with Crippen molar-refractivity contribution < 1.29 is 9.50 Å². The number of anilines is 2. The van der Waals surface area contributed by atoms with Crippen molar-refractivity contribution in [3.05, 3.63) is 24.0 Å². The van der Waals surface area contributed by atoms with E-state index in [9.17, 15) is 4.39 Å². The van der Waals surface area contributed by atoms with E-state index in [2.05, 4.69) is 22.2 Å². The minimum absolute atomic E-state index is 0.0318. The van der Waals surface area contributed by atoms with Crippen LogP contribution in [0, 0.1) is 5.82 Å². The number of hydrogen-bond donors (Lipinski definition) is 3. The Morgan fingerprint density at radius 2 is 2.15 bits per heavy atom. The van der Waals surface area contributed by atoms with Gasteiger partial charge in [0.1, 0.15) is 17.2 Å². The molecule has 4 N–H and O–H groups in total. The third-order valence-electron chi connectivity index (χ3n) is 3.15. The summed E-state index contributed by atoms with van der Waals surface area (Å²) in [7, 11) is 0. The second-order valence-corrected chi connectivity index (χ2v) is 4.71. The van der Waals surface area contributed by atoms with Crippen molar-refractivity contribution >= 4 is 22.7 Å². The highest BCUT2D eigenvalue weighted by atomic mass is 19.1. The number of nitrogens with two attached hydrogens (primary N) is 1. The summed E-state index contributed by atoms with van der Waals surface area (Å²) in [6.45, 7) is 2.16. The minimum Gasteiger partial charge on any atom is -0.396 e. The van der Waals surface area contributed by atoms with Crippen LogP contribution in [0.3, 0.4) is 0 Å². The van der Waals surface area contributed by atoms with E-state index in [4.69, 9.17) is 10.8 Å². The topological polar surface area (TPSA) is 84.1 Å². The maximum absolute atomic E-state index is 13.8. The van der Waals surface area contributed by atoms with Crippen LogP contribution in [0.2, 0.25) is 0 Å². The van der Waals surface area contributed by atoms with E-state index in [-0.39, 0.29) is 24.1 Å². The SMILES string of the molecule is CCC[C@H](CCO)Nc1nc(N)nc2c(F)cccc12. The summed E-state index contributed by atoms with van der Waals surface area (Å²) in [6.07, 6.45) is 2.47. The quantitative estimate of drug-likeness (QED) is 0.755. The fourth-order valence-corrected chi connectivity index (χ4v) is 2.23. The second-order valence-electron chi connectivity index (χ2n) is 4.71. The number of nitrogens with zero attached hydrogens (tertiary/aromatic N) is 2. The Balaban J connectivity index is 2.40. The Morgan fingerprint density at radius 3 is 2.85 bits per heavy atom. The molecule has 1 heterocycles. The van der Waals surface area contributed by atoms with E-state index in [1.807, 2.05) is 0 Å². The van der Waals surface area contributed by atoms with Crippen LogP contribution >= 0.6 is 0 Å². The largest absolute Gasteiger partial charge is 0.396 e. The number of hydrogen-bond acceptors (Lipinski definition) is 5. The van der Waals surface area contributed by atoms with E-state index < -0.39 is 5.82 Å². The molecule has 1 aromatic heterocycles. The number of benzene rings is 1. The zero-order valence-electron chi connectivity index (χ0n) is 11.4. The molecule has 2 rings (SSSR count). The Morgan fingerprint density at radius 1 is 1.35 bits per heavy atom. The monoisotopic (exact) mass is 278 g/mol. The van der Waals surface area contributed by atoms with Gasteiger partial charge in [0.15, 0.2) is 0 Å². The number of aliphatic hydroxyl groups excluding tert-OH is 1. The molecule has 0 aliphatic heterocycles. The van der Waals surface area contributed by atoms with Crippen molar-refractivity contribution in [2.75, 3.05) is 17.7 Å². The Labute approximate surface area is 117 Å². The van der Waals surface area contributed by atoms with Gasteiger partial charge in [-0.2, -0.15) is 4.98 Å². The summed E-state index contributed by atoms with van der Waals surface area (Å²) in [6, 6.07) is 4.78. The minimum atomic E-state index is -0.422. The Bertz CT molecular complexity index is 585. The van der Waals surface area contributed by atoms with Crippen LogP contribution in [-0.2, 0) is 0 Å². The van der Waals surface area contributed by atoms with Crippen LogP contribution < -0.4 is 11.1 Å². The average Bonchev–Trinajstić information content (AvgIpc) is 2.40. The van der Waals surface area contributed by atoms with Crippen LogP contribution in [0.25, 0.3) is 10.9 Å². The van der Waals surface area contributed by atoms with Crippen molar-refractivity contribution in [1.29, 1.82) is 0 Å². The molecule has 0 fully saturated rings. The molecule has 6 heteroatoms. The lowest BCUT2D eigenvalue weighted by Gasteiger charge is -2.19. The smallest absolute Gasteiger partial charge is 0.222 e. The molecule has 0 unspecified atom stereocenters. The van der Waals surface area contributed by atoms with Gasteiger partial charge in [-0.25, -0.2) is 9.37 Å². The summed E-state index contributed by atoms with van der Waals surface area (Å²) < 4.78 is 13.8. The van der Waals surface area contributed by atoms with Gasteiger partial charge in [-0.05, 0) is 25.0 Å². The molecule has 0 spiro atoms. The Hall–Kier alpha value is -1.95. The predicted octanol–water partition coefficient (Wildman–Crippen LogP) is 2.31. The van der Waals surface area contributed by atoms with Crippen LogP contribution in [0.1, 0.15) is 26.2 Å². The van der Waals surface area contributed by atoms with Gasteiger partial charge in [0.05, 0.1) is 0 Å². The van der Waals surface area contributed by atoms with Crippen molar-refractivity contribution in [3.63, 3.8) is 0 Å². The van der Waals surface area contributed by atoms with Crippen molar-refractivity contribution in [3.8, 4) is 0 Å². The lowest BCUT2D eigenvalue weighted by molar-refractivity contribution is 0.276. The van der Waals surface area contributed by atoms with E-state index in [0.717, 1.165) is 12.8 Å². The van der Waals surface area contributed by atoms with Gasteiger partial charge < -0.3 is 16.2 Å². The second kappa shape index (κ2) is 6.47. The number of halogens is 1. The van der Waals surface area contributed by atoms with Gasteiger partial charge in [-0.3, -0.25) is 0 Å². The molecule has 0 aliphatic rings. The highest BCUT2D eigenvalue weighted by Gasteiger charge is 2.13. The molecule has 0 amide bonds. The highest BCUT2D eigenvalue weighted by Crippen LogP contribution is 2.24. The molecular formula is C14H19FN4O. The number of nitrogen functional groups attached to an aromatic ring is 1. The molecule has 2 aromatic rings. The van der Waals surface area contributed by atoms with Gasteiger partial charge in [-0.1, -0.05) is 19.4 Å². The van der Waals surface area contributed by atoms with Crippen LogP contribution in [0.5, 0.6) is 0 Å². The van der Waals surface area contributed by atoms with Crippen LogP contribution in [-0.4, -0.2) is 27.7 Å². The van der Waals surface area contributed by atoms with Crippen LogP contribution in [0.15, 0.2) is 18.2 Å². The zero-order chi connectivity index (χ0) is 14.5. The first-order valence-corrected chi connectivity index (χ1v) is 6.74. The molecular weight excluding hydrogens is 259 g/mol. The van der Waals surface area contributed by atoms with Crippen LogP contribution in [0.4, 0.5) is 16.2 Å². The fourth-order valence-electron chi connectivity index (χ4n) is 2.23. The van der Waals surface area contributed by atoms with Gasteiger partial charge in [0.2, 0.25) is 5.95 Å². The highest BCUT2D eigenvalue weighted by molar-refractivity contribution is 5.90. The number of aliphatic hydroxyl groups is 1. The molecule has 0 bridgehead atoms. The normalized spacial score (nSPS) is 12.6. The number of fused-ring (bicyclic) bond motifs is 1. The summed E-state index contributed by atoms with van der Waals surface area (Å²) >= 11 is 0. The molecule has 0 saturated heterocycles. The van der Waals surface area contributed by atoms with Gasteiger partial charge >= 0.3 is 0 Å². The van der Waals surface area contributed by atoms with Gasteiger partial charge in [0.25, 0.3) is 0 Å². The number of nitrogens with one attached hydrogen (secondary N) is 1. The molecule has 0 saturated carbocycles. The predicted molar refractivity (Wildman–Crippen MR) is 77.9 cm³/mol. The standard InChI is InChI=1S/C14H19FN4O/c1-2-4-9(7-8-20)17-13-10-5-3-6-11(15)12(10)18-14(16)19-13/h3,5-6,9,20H,2,4,7-8H2,1H3,(H3,16,17,18,19)/t9-/m1/s1. The maximum atomic E-state index is 13.8. The molecule has 1 atom stereocenters. The number of rotatable bonds is 6. The first kappa shape index (κ1) is 14.5. The summed E-state index contributed by atoms with van der Waals surface area (Å²) in [5, 5.41) is 12.9. The maximum Gasteiger partial charge on any atom is 0.222 e. The van der Waals surface area contributed by atoms with Crippen molar-refractivity contribution in [2.24, 2.45) is 0 Å². The Kier molecular flexibility index (Phi) is 4.68. The van der Waals surface area contributed by atoms with E-state index in [1.165, 1.54) is 6.07 Å². The van der Waals surface area contributed by atoms with Gasteiger partial charge in [0, 0.05) is 18.0 Å². The van der Waals surface area contributed by atoms with Crippen molar-refractivity contribution in [2.45, 2.75) is 32.2 Å². The van der Waals surface area contributed by atoms with E-state index in [0.29, 0.717) is 17.6 Å². The molecule has 0 aliphatic carbocycles. The van der Waals surface area contributed by atoms with E-state index in [1.54, 1.807) is 12.1 Å². The summed E-state index contributed by atoms with van der Waals surface area (Å²) in [5.74, 6) is 0.122. The zero-order valence-corrected chi connectivity index (χ0v) is 11.4. The van der Waals surface area contributed by atoms with E-state index >= 15 is 0 Å². The first-order valence-electron chi connectivity index (χ1n) is 6.74. The number of para-hydroxylation sites is 1. The molecule has 5 nitrogen and oxygen atoms in total. The first-order chi connectivity index (χ1) is 9.65. The molecule has 1 aromatic carbocycles. The number of aromatic nitrogens is 2. The van der Waals surface area contributed by atoms with Gasteiger partial charge in [-0.15, -0.1) is 0 Å². The average molecular weight is 278 g/mol. The lowest BCUT2D eigenvalue weighted by Crippen LogP contribution is -2.22. The molecule has 108 valence electrons. The molecule has 0 radical (unpaired) electrons. The third-order valence-corrected chi connectivity index (χ3v) is 3.15. The lowest BCUT2D eigenvalue weighted by atomic mass is 10.1.